The topological polar surface area (TPSA) is 54.4 Å². The molecule has 0 aromatic heterocycles. The van der Waals surface area contributed by atoms with Crippen molar-refractivity contribution in [2.75, 3.05) is 0 Å². The highest BCUT2D eigenvalue weighted by molar-refractivity contribution is 6.32. The van der Waals surface area contributed by atoms with Crippen LogP contribution in [-0.4, -0.2) is 16.9 Å². The largest absolute Gasteiger partial charge is 0.478 e. The van der Waals surface area contributed by atoms with Crippen LogP contribution in [0.25, 0.3) is 11.1 Å². The zero-order valence-electron chi connectivity index (χ0n) is 9.11. The Balaban J connectivity index is 2.37. The smallest absolute Gasteiger partial charge is 0.336 e. The predicted molar refractivity (Wildman–Crippen MR) is 67.3 cm³/mol. The number of hydrogen-bond acceptors (Lipinski definition) is 2. The van der Waals surface area contributed by atoms with E-state index in [-0.39, 0.29) is 16.9 Å². The Kier molecular flexibility index (Phi) is 2.25. The minimum atomic E-state index is -1.10. The number of benzene rings is 2. The van der Waals surface area contributed by atoms with Crippen molar-refractivity contribution in [1.29, 1.82) is 0 Å². The van der Waals surface area contributed by atoms with Gasteiger partial charge in [0.2, 0.25) is 0 Å². The molecule has 1 aliphatic rings. The second-order valence-corrected chi connectivity index (χ2v) is 4.49. The molecule has 2 aromatic rings. The first-order valence-electron chi connectivity index (χ1n) is 5.30. The fourth-order valence-electron chi connectivity index (χ4n) is 2.27. The molecule has 4 heteroatoms. The van der Waals surface area contributed by atoms with Crippen molar-refractivity contribution in [2.24, 2.45) is 0 Å². The third-order valence-electron chi connectivity index (χ3n) is 3.04. The highest BCUT2D eigenvalue weighted by Gasteiger charge is 2.30. The number of fused-ring (bicyclic) bond motifs is 3. The summed E-state index contributed by atoms with van der Waals surface area (Å²) in [5, 5.41) is 9.65. The van der Waals surface area contributed by atoms with Crippen molar-refractivity contribution in [3.8, 4) is 11.1 Å². The summed E-state index contributed by atoms with van der Waals surface area (Å²) in [6, 6.07) is 9.75. The molecule has 3 rings (SSSR count). The van der Waals surface area contributed by atoms with Gasteiger partial charge in [-0.1, -0.05) is 23.7 Å². The normalized spacial score (nSPS) is 12.2. The van der Waals surface area contributed by atoms with Gasteiger partial charge in [-0.15, -0.1) is 0 Å². The molecule has 0 unspecified atom stereocenters. The third-order valence-corrected chi connectivity index (χ3v) is 3.27. The Morgan fingerprint density at radius 3 is 2.56 bits per heavy atom. The van der Waals surface area contributed by atoms with Gasteiger partial charge in [0.05, 0.1) is 5.56 Å². The second kappa shape index (κ2) is 3.68. The minimum Gasteiger partial charge on any atom is -0.478 e. The lowest BCUT2D eigenvalue weighted by Gasteiger charge is -2.02. The summed E-state index contributed by atoms with van der Waals surface area (Å²) in [4.78, 5) is 23.4. The number of aromatic carboxylic acids is 1. The van der Waals surface area contributed by atoms with Crippen LogP contribution in [-0.2, 0) is 0 Å². The number of carboxylic acids is 1. The van der Waals surface area contributed by atoms with Crippen LogP contribution in [0.1, 0.15) is 26.3 Å². The molecule has 0 bridgehead atoms. The first-order valence-corrected chi connectivity index (χ1v) is 5.68. The fourth-order valence-corrected chi connectivity index (χ4v) is 2.44. The SMILES string of the molecule is O=C(O)c1cccc2c1C(=O)c1ccc(Cl)cc1-2. The number of halogens is 1. The molecular formula is C14H7ClO3. The average Bonchev–Trinajstić information content (AvgIpc) is 2.63. The zero-order chi connectivity index (χ0) is 12.9. The van der Waals surface area contributed by atoms with Crippen molar-refractivity contribution in [3.63, 3.8) is 0 Å². The summed E-state index contributed by atoms with van der Waals surface area (Å²) in [6.45, 7) is 0. The molecule has 2 aromatic carbocycles. The lowest BCUT2D eigenvalue weighted by atomic mass is 10.0. The third kappa shape index (κ3) is 1.38. The van der Waals surface area contributed by atoms with E-state index in [1.54, 1.807) is 30.3 Å². The summed E-state index contributed by atoms with van der Waals surface area (Å²) in [7, 11) is 0. The molecule has 0 heterocycles. The van der Waals surface area contributed by atoms with Crippen molar-refractivity contribution < 1.29 is 14.7 Å². The van der Waals surface area contributed by atoms with Gasteiger partial charge in [0.15, 0.2) is 5.78 Å². The molecule has 1 N–H and O–H groups in total. The number of ketones is 1. The van der Waals surface area contributed by atoms with Crippen molar-refractivity contribution >= 4 is 23.4 Å². The molecule has 0 fully saturated rings. The van der Waals surface area contributed by atoms with Crippen LogP contribution >= 0.6 is 11.6 Å². The summed E-state index contributed by atoms with van der Waals surface area (Å²) >= 11 is 5.91. The van der Waals surface area contributed by atoms with E-state index in [4.69, 9.17) is 16.7 Å². The molecule has 0 atom stereocenters. The quantitative estimate of drug-likeness (QED) is 0.729. The molecule has 1 aliphatic carbocycles. The van der Waals surface area contributed by atoms with Crippen molar-refractivity contribution in [3.05, 3.63) is 58.1 Å². The van der Waals surface area contributed by atoms with E-state index < -0.39 is 5.97 Å². The van der Waals surface area contributed by atoms with Gasteiger partial charge < -0.3 is 5.11 Å². The minimum absolute atomic E-state index is 0.0322. The van der Waals surface area contributed by atoms with Gasteiger partial charge in [-0.2, -0.15) is 0 Å². The first kappa shape index (κ1) is 11.0. The Bertz CT molecular complexity index is 704. The molecule has 88 valence electrons. The van der Waals surface area contributed by atoms with E-state index >= 15 is 0 Å². The van der Waals surface area contributed by atoms with Crippen LogP contribution in [0.5, 0.6) is 0 Å². The van der Waals surface area contributed by atoms with Crippen molar-refractivity contribution in [1.82, 2.24) is 0 Å². The Morgan fingerprint density at radius 2 is 1.83 bits per heavy atom. The average molecular weight is 259 g/mol. The number of carbonyl (C=O) groups is 2. The van der Waals surface area contributed by atoms with Crippen LogP contribution in [0, 0.1) is 0 Å². The van der Waals surface area contributed by atoms with Gasteiger partial charge in [0, 0.05) is 16.1 Å². The van der Waals surface area contributed by atoms with Gasteiger partial charge >= 0.3 is 5.97 Å². The Labute approximate surface area is 108 Å². The van der Waals surface area contributed by atoms with Gasteiger partial charge in [-0.05, 0) is 35.4 Å². The highest BCUT2D eigenvalue weighted by atomic mass is 35.5. The van der Waals surface area contributed by atoms with Gasteiger partial charge in [-0.3, -0.25) is 4.79 Å². The maximum absolute atomic E-state index is 12.2. The van der Waals surface area contributed by atoms with E-state index in [1.807, 2.05) is 0 Å². The molecular weight excluding hydrogens is 252 g/mol. The molecule has 0 saturated heterocycles. The predicted octanol–water partition coefficient (Wildman–Crippen LogP) is 3.25. The highest BCUT2D eigenvalue weighted by Crippen LogP contribution is 2.39. The van der Waals surface area contributed by atoms with E-state index in [2.05, 4.69) is 0 Å². The van der Waals surface area contributed by atoms with Crippen LogP contribution in [0.2, 0.25) is 5.02 Å². The molecule has 3 nitrogen and oxygen atoms in total. The van der Waals surface area contributed by atoms with Gasteiger partial charge in [0.1, 0.15) is 0 Å². The summed E-state index contributed by atoms with van der Waals surface area (Å²) in [5.74, 6) is -1.35. The summed E-state index contributed by atoms with van der Waals surface area (Å²) in [6.07, 6.45) is 0. The molecule has 0 amide bonds. The van der Waals surface area contributed by atoms with E-state index in [0.717, 1.165) is 0 Å². The van der Waals surface area contributed by atoms with E-state index in [9.17, 15) is 9.59 Å². The Morgan fingerprint density at radius 1 is 1.06 bits per heavy atom. The molecule has 18 heavy (non-hydrogen) atoms. The fraction of sp³-hybridized carbons (Fsp3) is 0. The molecule has 0 aliphatic heterocycles. The first-order chi connectivity index (χ1) is 8.59. The maximum Gasteiger partial charge on any atom is 0.336 e. The van der Waals surface area contributed by atoms with Crippen LogP contribution in [0.4, 0.5) is 0 Å². The Hall–Kier alpha value is -2.13. The molecule has 0 radical (unpaired) electrons. The number of hydrogen-bond donors (Lipinski definition) is 1. The van der Waals surface area contributed by atoms with E-state index in [0.29, 0.717) is 21.7 Å². The molecule has 0 spiro atoms. The standard InChI is InChI=1S/C14H7ClO3/c15-7-4-5-9-11(6-7)8-2-1-3-10(14(17)18)12(8)13(9)16/h1-6H,(H,17,18). The van der Waals surface area contributed by atoms with Crippen LogP contribution < -0.4 is 0 Å². The maximum atomic E-state index is 12.2. The summed E-state index contributed by atoms with van der Waals surface area (Å²) in [5.41, 5.74) is 2.12. The second-order valence-electron chi connectivity index (χ2n) is 4.05. The van der Waals surface area contributed by atoms with Crippen LogP contribution in [0.15, 0.2) is 36.4 Å². The zero-order valence-corrected chi connectivity index (χ0v) is 9.86. The van der Waals surface area contributed by atoms with Crippen LogP contribution in [0.3, 0.4) is 0 Å². The molecule has 0 saturated carbocycles. The number of carbonyl (C=O) groups excluding carboxylic acids is 1. The summed E-state index contributed by atoms with van der Waals surface area (Å²) < 4.78 is 0. The number of carboxylic acid groups (broad SMARTS) is 1. The van der Waals surface area contributed by atoms with Gasteiger partial charge in [0.25, 0.3) is 0 Å². The lowest BCUT2D eigenvalue weighted by molar-refractivity contribution is 0.0693. The van der Waals surface area contributed by atoms with Crippen molar-refractivity contribution in [2.45, 2.75) is 0 Å². The lowest BCUT2D eigenvalue weighted by Crippen LogP contribution is -2.06. The van der Waals surface area contributed by atoms with E-state index in [1.165, 1.54) is 6.07 Å². The number of rotatable bonds is 1. The van der Waals surface area contributed by atoms with Gasteiger partial charge in [-0.25, -0.2) is 4.79 Å². The monoisotopic (exact) mass is 258 g/mol.